The van der Waals surface area contributed by atoms with E-state index in [2.05, 4.69) is 11.8 Å². The second kappa shape index (κ2) is 8.54. The number of amides is 2. The number of hydrogen-bond acceptors (Lipinski definition) is 4. The Hall–Kier alpha value is -2.08. The van der Waals surface area contributed by atoms with E-state index in [1.165, 1.54) is 25.3 Å². The lowest BCUT2D eigenvalue weighted by atomic mass is 10.0. The fraction of sp³-hybridized carbons (Fsp3) is 0.600. The van der Waals surface area contributed by atoms with Gasteiger partial charge < -0.3 is 19.8 Å². The van der Waals surface area contributed by atoms with Crippen LogP contribution in [0.25, 0.3) is 0 Å². The second-order valence-electron chi connectivity index (χ2n) is 7.35. The molecule has 0 spiro atoms. The molecule has 1 aromatic rings. The van der Waals surface area contributed by atoms with Crippen molar-refractivity contribution in [2.24, 2.45) is 0 Å². The molecule has 2 fully saturated rings. The fourth-order valence-electron chi connectivity index (χ4n) is 3.87. The molecule has 0 bridgehead atoms. The maximum atomic E-state index is 12.5. The highest BCUT2D eigenvalue weighted by Gasteiger charge is 2.26. The van der Waals surface area contributed by atoms with Crippen LogP contribution >= 0.6 is 0 Å². The zero-order chi connectivity index (χ0) is 18.5. The molecule has 0 aromatic heterocycles. The van der Waals surface area contributed by atoms with E-state index in [1.807, 2.05) is 4.90 Å². The Kier molecular flexibility index (Phi) is 6.14. The number of hydrogen-bond donors (Lipinski definition) is 1. The van der Waals surface area contributed by atoms with Crippen LogP contribution in [0.4, 0.5) is 0 Å². The average molecular weight is 359 g/mol. The van der Waals surface area contributed by atoms with Crippen LogP contribution in [0.1, 0.15) is 43.0 Å². The SMILES string of the molecule is C[C@@H]1CCCCN1CCC(=O)N1CCN(C(=O)c2cccc(O)c2)CC1. The predicted octanol–water partition coefficient (Wildman–Crippen LogP) is 1.94. The van der Waals surface area contributed by atoms with E-state index in [9.17, 15) is 14.7 Å². The molecule has 0 radical (unpaired) electrons. The van der Waals surface area contributed by atoms with Crippen molar-refractivity contribution in [2.45, 2.75) is 38.6 Å². The maximum absolute atomic E-state index is 12.5. The van der Waals surface area contributed by atoms with Crippen LogP contribution in [-0.2, 0) is 4.79 Å². The normalized spacial score (nSPS) is 21.7. The minimum absolute atomic E-state index is 0.0878. The zero-order valence-electron chi connectivity index (χ0n) is 15.6. The number of nitrogens with zero attached hydrogens (tertiary/aromatic N) is 3. The van der Waals surface area contributed by atoms with Crippen molar-refractivity contribution < 1.29 is 14.7 Å². The molecule has 3 rings (SSSR count). The molecule has 1 aromatic carbocycles. The van der Waals surface area contributed by atoms with Crippen LogP contribution < -0.4 is 0 Å². The fourth-order valence-corrected chi connectivity index (χ4v) is 3.87. The summed E-state index contributed by atoms with van der Waals surface area (Å²) in [6, 6.07) is 6.99. The van der Waals surface area contributed by atoms with E-state index < -0.39 is 0 Å². The zero-order valence-corrected chi connectivity index (χ0v) is 15.6. The summed E-state index contributed by atoms with van der Waals surface area (Å²) >= 11 is 0. The highest BCUT2D eigenvalue weighted by atomic mass is 16.3. The molecule has 142 valence electrons. The lowest BCUT2D eigenvalue weighted by Gasteiger charge is -2.36. The van der Waals surface area contributed by atoms with Gasteiger partial charge in [-0.05, 0) is 44.5 Å². The highest BCUT2D eigenvalue weighted by molar-refractivity contribution is 5.94. The number of phenolic OH excluding ortho intramolecular Hbond substituents is 1. The molecule has 0 saturated carbocycles. The molecule has 26 heavy (non-hydrogen) atoms. The summed E-state index contributed by atoms with van der Waals surface area (Å²) in [4.78, 5) is 31.1. The lowest BCUT2D eigenvalue weighted by molar-refractivity contribution is -0.133. The van der Waals surface area contributed by atoms with Gasteiger partial charge in [0.15, 0.2) is 0 Å². The van der Waals surface area contributed by atoms with Gasteiger partial charge in [0, 0.05) is 50.7 Å². The number of carbonyl (C=O) groups is 2. The number of piperidine rings is 1. The quantitative estimate of drug-likeness (QED) is 0.892. The van der Waals surface area contributed by atoms with Crippen LogP contribution in [0.2, 0.25) is 0 Å². The molecule has 1 atom stereocenters. The third kappa shape index (κ3) is 4.55. The number of likely N-dealkylation sites (tertiary alicyclic amines) is 1. The van der Waals surface area contributed by atoms with Crippen LogP contribution in [0.5, 0.6) is 5.75 Å². The standard InChI is InChI=1S/C20H29N3O3/c1-16-5-2-3-9-21(16)10-8-19(25)22-11-13-23(14-12-22)20(26)17-6-4-7-18(24)15-17/h4,6-7,15-16,24H,2-3,5,8-14H2,1H3/t16-/m1/s1. The van der Waals surface area contributed by atoms with E-state index in [0.29, 0.717) is 44.2 Å². The van der Waals surface area contributed by atoms with E-state index in [1.54, 1.807) is 23.1 Å². The first-order valence-electron chi connectivity index (χ1n) is 9.65. The minimum Gasteiger partial charge on any atom is -0.508 e. The number of carbonyl (C=O) groups excluding carboxylic acids is 2. The number of phenols is 1. The molecule has 6 nitrogen and oxygen atoms in total. The van der Waals surface area contributed by atoms with E-state index in [0.717, 1.165) is 13.1 Å². The van der Waals surface area contributed by atoms with Gasteiger partial charge in [0.05, 0.1) is 0 Å². The third-order valence-electron chi connectivity index (χ3n) is 5.57. The van der Waals surface area contributed by atoms with Gasteiger partial charge in [-0.2, -0.15) is 0 Å². The minimum atomic E-state index is -0.0878. The third-order valence-corrected chi connectivity index (χ3v) is 5.57. The van der Waals surface area contributed by atoms with Crippen molar-refractivity contribution in [3.05, 3.63) is 29.8 Å². The molecule has 0 unspecified atom stereocenters. The molecule has 1 N–H and O–H groups in total. The second-order valence-corrected chi connectivity index (χ2v) is 7.35. The van der Waals surface area contributed by atoms with Crippen molar-refractivity contribution >= 4 is 11.8 Å². The first-order valence-corrected chi connectivity index (χ1v) is 9.65. The van der Waals surface area contributed by atoms with Crippen molar-refractivity contribution in [3.8, 4) is 5.75 Å². The first-order chi connectivity index (χ1) is 12.5. The summed E-state index contributed by atoms with van der Waals surface area (Å²) in [5, 5.41) is 9.53. The lowest BCUT2D eigenvalue weighted by Crippen LogP contribution is -2.51. The Morgan fingerprint density at radius 2 is 1.81 bits per heavy atom. The molecular weight excluding hydrogens is 330 g/mol. The van der Waals surface area contributed by atoms with Gasteiger partial charge in [-0.3, -0.25) is 9.59 Å². The number of piperazine rings is 1. The predicted molar refractivity (Wildman–Crippen MR) is 100 cm³/mol. The van der Waals surface area contributed by atoms with Crippen LogP contribution in [0.15, 0.2) is 24.3 Å². The molecule has 0 aliphatic carbocycles. The topological polar surface area (TPSA) is 64.1 Å². The summed E-state index contributed by atoms with van der Waals surface area (Å²) in [7, 11) is 0. The van der Waals surface area contributed by atoms with Crippen LogP contribution in [0.3, 0.4) is 0 Å². The van der Waals surface area contributed by atoms with Crippen molar-refractivity contribution in [2.75, 3.05) is 39.3 Å². The van der Waals surface area contributed by atoms with Gasteiger partial charge in [-0.25, -0.2) is 0 Å². The van der Waals surface area contributed by atoms with Gasteiger partial charge in [0.2, 0.25) is 5.91 Å². The van der Waals surface area contributed by atoms with Gasteiger partial charge >= 0.3 is 0 Å². The number of aromatic hydroxyl groups is 1. The largest absolute Gasteiger partial charge is 0.508 e. The van der Waals surface area contributed by atoms with Gasteiger partial charge in [-0.1, -0.05) is 12.5 Å². The number of rotatable bonds is 4. The van der Waals surface area contributed by atoms with E-state index >= 15 is 0 Å². The molecule has 2 aliphatic rings. The van der Waals surface area contributed by atoms with Gasteiger partial charge in [0.25, 0.3) is 5.91 Å². The Balaban J connectivity index is 1.45. The summed E-state index contributed by atoms with van der Waals surface area (Å²) in [5.74, 6) is 0.193. The summed E-state index contributed by atoms with van der Waals surface area (Å²) in [5.41, 5.74) is 0.490. The Morgan fingerprint density at radius 1 is 1.08 bits per heavy atom. The summed E-state index contributed by atoms with van der Waals surface area (Å²) in [6.07, 6.45) is 4.31. The Bertz CT molecular complexity index is 641. The number of benzene rings is 1. The molecule has 2 amide bonds. The van der Waals surface area contributed by atoms with Crippen molar-refractivity contribution in [3.63, 3.8) is 0 Å². The van der Waals surface area contributed by atoms with Crippen molar-refractivity contribution in [1.29, 1.82) is 0 Å². The highest BCUT2D eigenvalue weighted by Crippen LogP contribution is 2.17. The van der Waals surface area contributed by atoms with Crippen LogP contribution in [0, 0.1) is 0 Å². The molecule has 2 heterocycles. The molecule has 6 heteroatoms. The molecule has 2 aliphatic heterocycles. The first kappa shape index (κ1) is 18.7. The Labute approximate surface area is 155 Å². The molecular formula is C20H29N3O3. The maximum Gasteiger partial charge on any atom is 0.254 e. The van der Waals surface area contributed by atoms with Gasteiger partial charge in [0.1, 0.15) is 5.75 Å². The van der Waals surface area contributed by atoms with Crippen molar-refractivity contribution in [1.82, 2.24) is 14.7 Å². The van der Waals surface area contributed by atoms with E-state index in [4.69, 9.17) is 0 Å². The van der Waals surface area contributed by atoms with E-state index in [-0.39, 0.29) is 17.6 Å². The smallest absolute Gasteiger partial charge is 0.254 e. The summed E-state index contributed by atoms with van der Waals surface area (Å²) in [6.45, 7) is 6.43. The van der Waals surface area contributed by atoms with Crippen LogP contribution in [-0.4, -0.2) is 76.9 Å². The Morgan fingerprint density at radius 3 is 2.50 bits per heavy atom. The molecule has 2 saturated heterocycles. The monoisotopic (exact) mass is 359 g/mol. The average Bonchev–Trinajstić information content (AvgIpc) is 2.66. The van der Waals surface area contributed by atoms with Gasteiger partial charge in [-0.15, -0.1) is 0 Å². The summed E-state index contributed by atoms with van der Waals surface area (Å²) < 4.78 is 0.